The molecule has 1 atom stereocenters. The topological polar surface area (TPSA) is 51.4 Å². The number of fused-ring (bicyclic) bond motifs is 1. The van der Waals surface area contributed by atoms with Crippen molar-refractivity contribution in [2.24, 2.45) is 5.73 Å². The first kappa shape index (κ1) is 14.3. The zero-order valence-electron chi connectivity index (χ0n) is 12.6. The molecule has 112 valence electrons. The molecule has 1 aromatic carbocycles. The van der Waals surface area contributed by atoms with E-state index in [1.165, 1.54) is 19.3 Å². The Morgan fingerprint density at radius 2 is 2.10 bits per heavy atom. The number of likely N-dealkylation sites (N-methyl/N-ethyl adjacent to an activating group) is 1. The van der Waals surface area contributed by atoms with Gasteiger partial charge in [-0.2, -0.15) is 0 Å². The van der Waals surface area contributed by atoms with Crippen LogP contribution in [0.3, 0.4) is 0 Å². The molecule has 1 saturated heterocycles. The Balaban J connectivity index is 1.81. The lowest BCUT2D eigenvalue weighted by Gasteiger charge is -2.32. The van der Waals surface area contributed by atoms with Crippen LogP contribution in [0.2, 0.25) is 0 Å². The normalized spacial score (nSPS) is 19.8. The lowest BCUT2D eigenvalue weighted by Crippen LogP contribution is -2.40. The highest BCUT2D eigenvalue weighted by Gasteiger charge is 2.20. The molecule has 1 aliphatic rings. The predicted molar refractivity (Wildman–Crippen MR) is 85.4 cm³/mol. The summed E-state index contributed by atoms with van der Waals surface area (Å²) in [6.45, 7) is 2.36. The highest BCUT2D eigenvalue weighted by atomic mass is 16.5. The van der Waals surface area contributed by atoms with Gasteiger partial charge < -0.3 is 15.4 Å². The maximum absolute atomic E-state index is 6.04. The summed E-state index contributed by atoms with van der Waals surface area (Å²) >= 11 is 0. The van der Waals surface area contributed by atoms with Gasteiger partial charge in [-0.15, -0.1) is 0 Å². The first-order valence-electron chi connectivity index (χ1n) is 7.69. The van der Waals surface area contributed by atoms with Gasteiger partial charge in [-0.05, 0) is 43.5 Å². The lowest BCUT2D eigenvalue weighted by atomic mass is 10.0. The van der Waals surface area contributed by atoms with Crippen LogP contribution in [0, 0.1) is 0 Å². The van der Waals surface area contributed by atoms with Gasteiger partial charge in [0.15, 0.2) is 0 Å². The molecule has 0 radical (unpaired) electrons. The maximum Gasteiger partial charge on any atom is 0.221 e. The number of hydrogen-bond acceptors (Lipinski definition) is 4. The van der Waals surface area contributed by atoms with Gasteiger partial charge in [0, 0.05) is 24.2 Å². The summed E-state index contributed by atoms with van der Waals surface area (Å²) in [7, 11) is 2.18. The molecule has 1 unspecified atom stereocenters. The first-order chi connectivity index (χ1) is 10.3. The predicted octanol–water partition coefficient (Wildman–Crippen LogP) is 2.56. The highest BCUT2D eigenvalue weighted by molar-refractivity contribution is 5.89. The molecule has 4 heteroatoms. The van der Waals surface area contributed by atoms with Crippen molar-refractivity contribution in [2.45, 2.75) is 31.8 Å². The van der Waals surface area contributed by atoms with Crippen LogP contribution >= 0.6 is 0 Å². The van der Waals surface area contributed by atoms with E-state index in [0.717, 1.165) is 28.8 Å². The van der Waals surface area contributed by atoms with Crippen molar-refractivity contribution in [2.75, 3.05) is 20.2 Å². The number of nitrogens with zero attached hydrogens (tertiary/aromatic N) is 2. The van der Waals surface area contributed by atoms with Gasteiger partial charge in [-0.1, -0.05) is 24.6 Å². The molecule has 2 aromatic rings. The van der Waals surface area contributed by atoms with Crippen LogP contribution in [0.25, 0.3) is 10.8 Å². The zero-order valence-corrected chi connectivity index (χ0v) is 12.6. The van der Waals surface area contributed by atoms with Crippen molar-refractivity contribution in [3.05, 3.63) is 36.0 Å². The van der Waals surface area contributed by atoms with Crippen molar-refractivity contribution in [1.82, 2.24) is 9.88 Å². The number of pyridine rings is 1. The van der Waals surface area contributed by atoms with Gasteiger partial charge in [-0.3, -0.25) is 0 Å². The largest absolute Gasteiger partial charge is 0.476 e. The maximum atomic E-state index is 6.04. The van der Waals surface area contributed by atoms with Crippen LogP contribution < -0.4 is 10.5 Å². The van der Waals surface area contributed by atoms with Crippen molar-refractivity contribution < 1.29 is 4.74 Å². The Bertz CT molecular complexity index is 614. The third-order valence-corrected chi connectivity index (χ3v) is 4.39. The smallest absolute Gasteiger partial charge is 0.221 e. The van der Waals surface area contributed by atoms with E-state index < -0.39 is 0 Å². The number of aromatic nitrogens is 1. The van der Waals surface area contributed by atoms with Crippen LogP contribution in [-0.2, 0) is 6.54 Å². The molecule has 1 aliphatic heterocycles. The molecule has 0 bridgehead atoms. The molecule has 21 heavy (non-hydrogen) atoms. The van der Waals surface area contributed by atoms with E-state index in [1.54, 1.807) is 0 Å². The molecule has 2 heterocycles. The Labute approximate surface area is 125 Å². The molecule has 2 N–H and O–H groups in total. The average molecular weight is 285 g/mol. The van der Waals surface area contributed by atoms with Crippen molar-refractivity contribution >= 4 is 10.8 Å². The Hall–Kier alpha value is -1.65. The first-order valence-corrected chi connectivity index (χ1v) is 7.69. The van der Waals surface area contributed by atoms with Gasteiger partial charge in [0.25, 0.3) is 0 Å². The second kappa shape index (κ2) is 6.41. The fraction of sp³-hybridized carbons (Fsp3) is 0.471. The Morgan fingerprint density at radius 1 is 1.29 bits per heavy atom. The monoisotopic (exact) mass is 285 g/mol. The van der Waals surface area contributed by atoms with Gasteiger partial charge in [0.1, 0.15) is 6.61 Å². The second-order valence-corrected chi connectivity index (χ2v) is 5.78. The summed E-state index contributed by atoms with van der Waals surface area (Å²) in [5, 5.41) is 2.20. The molecule has 0 aliphatic carbocycles. The summed E-state index contributed by atoms with van der Waals surface area (Å²) in [4.78, 5) is 6.86. The number of likely N-dealkylation sites (tertiary alicyclic amines) is 1. The molecule has 1 aromatic heterocycles. The van der Waals surface area contributed by atoms with Crippen LogP contribution in [0.1, 0.15) is 24.8 Å². The standard InChI is InChI=1S/C17H23N3O/c1-20-9-5-4-6-14(20)12-21-17-16-8-3-2-7-15(16)13(10-18)11-19-17/h2-3,7-8,11,14H,4-6,9-10,12,18H2,1H3. The fourth-order valence-corrected chi connectivity index (χ4v) is 3.03. The second-order valence-electron chi connectivity index (χ2n) is 5.78. The van der Waals surface area contributed by atoms with E-state index in [1.807, 2.05) is 18.3 Å². The van der Waals surface area contributed by atoms with Crippen molar-refractivity contribution in [3.63, 3.8) is 0 Å². The van der Waals surface area contributed by atoms with E-state index in [9.17, 15) is 0 Å². The van der Waals surface area contributed by atoms with Crippen molar-refractivity contribution in [1.29, 1.82) is 0 Å². The van der Waals surface area contributed by atoms with E-state index in [-0.39, 0.29) is 0 Å². The summed E-state index contributed by atoms with van der Waals surface area (Å²) in [5.74, 6) is 0.724. The Morgan fingerprint density at radius 3 is 2.86 bits per heavy atom. The minimum absolute atomic E-state index is 0.494. The van der Waals surface area contributed by atoms with E-state index in [4.69, 9.17) is 10.5 Å². The number of benzene rings is 1. The molecular weight excluding hydrogens is 262 g/mol. The van der Waals surface area contributed by atoms with Crippen LogP contribution in [0.5, 0.6) is 5.88 Å². The molecule has 0 saturated carbocycles. The van der Waals surface area contributed by atoms with Gasteiger partial charge >= 0.3 is 0 Å². The molecule has 0 amide bonds. The van der Waals surface area contributed by atoms with Gasteiger partial charge in [0.2, 0.25) is 5.88 Å². The molecule has 4 nitrogen and oxygen atoms in total. The fourth-order valence-electron chi connectivity index (χ4n) is 3.03. The van der Waals surface area contributed by atoms with Crippen molar-refractivity contribution in [3.8, 4) is 5.88 Å². The molecule has 1 fully saturated rings. The van der Waals surface area contributed by atoms with Crippen LogP contribution in [0.15, 0.2) is 30.5 Å². The number of ether oxygens (including phenoxy) is 1. The third kappa shape index (κ3) is 3.01. The Kier molecular flexibility index (Phi) is 4.36. The molecule has 0 spiro atoms. The highest BCUT2D eigenvalue weighted by Crippen LogP contribution is 2.26. The lowest BCUT2D eigenvalue weighted by molar-refractivity contribution is 0.123. The van der Waals surface area contributed by atoms with Crippen LogP contribution in [-0.4, -0.2) is 36.1 Å². The summed E-state index contributed by atoms with van der Waals surface area (Å²) < 4.78 is 6.04. The number of nitrogens with two attached hydrogens (primary N) is 1. The van der Waals surface area contributed by atoms with Gasteiger partial charge in [-0.25, -0.2) is 4.98 Å². The van der Waals surface area contributed by atoms with E-state index in [2.05, 4.69) is 29.1 Å². The number of hydrogen-bond donors (Lipinski definition) is 1. The minimum atomic E-state index is 0.494. The van der Waals surface area contributed by atoms with Gasteiger partial charge in [0.05, 0.1) is 0 Å². The SMILES string of the molecule is CN1CCCCC1COc1ncc(CN)c2ccccc12. The number of rotatable bonds is 4. The average Bonchev–Trinajstić information content (AvgIpc) is 2.54. The quantitative estimate of drug-likeness (QED) is 0.938. The summed E-state index contributed by atoms with van der Waals surface area (Å²) in [6.07, 6.45) is 5.62. The summed E-state index contributed by atoms with van der Waals surface area (Å²) in [6, 6.07) is 8.68. The van der Waals surface area contributed by atoms with Crippen LogP contribution in [0.4, 0.5) is 0 Å². The summed E-state index contributed by atoms with van der Waals surface area (Å²) in [5.41, 5.74) is 6.85. The minimum Gasteiger partial charge on any atom is -0.476 e. The number of piperidine rings is 1. The molecular formula is C17H23N3O. The zero-order chi connectivity index (χ0) is 14.7. The molecule has 3 rings (SSSR count). The van der Waals surface area contributed by atoms with E-state index in [0.29, 0.717) is 19.2 Å². The third-order valence-electron chi connectivity index (χ3n) is 4.39. The van der Waals surface area contributed by atoms with E-state index >= 15 is 0 Å².